The van der Waals surface area contributed by atoms with Crippen molar-refractivity contribution in [2.24, 2.45) is 5.92 Å². The Bertz CT molecular complexity index is 431. The summed E-state index contributed by atoms with van der Waals surface area (Å²) in [6.07, 6.45) is 0. The Balaban J connectivity index is 2.86. The predicted molar refractivity (Wildman–Crippen MR) is 72.4 cm³/mol. The molecule has 19 heavy (non-hydrogen) atoms. The van der Waals surface area contributed by atoms with Crippen molar-refractivity contribution in [3.63, 3.8) is 0 Å². The monoisotopic (exact) mass is 267 g/mol. The van der Waals surface area contributed by atoms with Crippen molar-refractivity contribution in [2.75, 3.05) is 20.2 Å². The molecule has 0 fully saturated rings. The third-order valence-electron chi connectivity index (χ3n) is 2.68. The van der Waals surface area contributed by atoms with Crippen LogP contribution in [0.15, 0.2) is 18.2 Å². The molecule has 2 N–H and O–H groups in total. The van der Waals surface area contributed by atoms with E-state index in [4.69, 9.17) is 9.84 Å². The molecule has 0 aliphatic carbocycles. The Hall–Kier alpha value is -1.75. The number of phenolic OH excluding ortho intramolecular Hbond substituents is 1. The molecule has 0 spiro atoms. The standard InChI is InChI=1S/C14H21NO4/c1-10(2)7-15(9-13(16)17)8-11-5-4-6-12(19-3)14(11)18/h4-6,10,18H,7-9H2,1-3H3,(H,16,17). The number of hydrogen-bond donors (Lipinski definition) is 2. The Morgan fingerprint density at radius 3 is 2.63 bits per heavy atom. The molecule has 5 nitrogen and oxygen atoms in total. The van der Waals surface area contributed by atoms with Crippen LogP contribution in [0.2, 0.25) is 0 Å². The number of benzene rings is 1. The minimum atomic E-state index is -0.872. The Morgan fingerprint density at radius 2 is 2.11 bits per heavy atom. The Morgan fingerprint density at radius 1 is 1.42 bits per heavy atom. The Kier molecular flexibility index (Phi) is 5.63. The number of hydrogen-bond acceptors (Lipinski definition) is 4. The maximum absolute atomic E-state index is 10.9. The van der Waals surface area contributed by atoms with E-state index in [9.17, 15) is 9.90 Å². The number of rotatable bonds is 7. The highest BCUT2D eigenvalue weighted by atomic mass is 16.5. The molecule has 1 aromatic carbocycles. The quantitative estimate of drug-likeness (QED) is 0.790. The van der Waals surface area contributed by atoms with Crippen LogP contribution in [0.4, 0.5) is 0 Å². The molecule has 5 heteroatoms. The number of aliphatic carboxylic acids is 1. The van der Waals surface area contributed by atoms with E-state index in [2.05, 4.69) is 0 Å². The molecule has 0 unspecified atom stereocenters. The molecular formula is C14H21NO4. The first-order chi connectivity index (χ1) is 8.93. The molecule has 0 radical (unpaired) electrons. The minimum absolute atomic E-state index is 0.0468. The van der Waals surface area contributed by atoms with Crippen molar-refractivity contribution in [3.8, 4) is 11.5 Å². The number of carboxylic acids is 1. The highest BCUT2D eigenvalue weighted by Gasteiger charge is 2.15. The number of ether oxygens (including phenoxy) is 1. The van der Waals surface area contributed by atoms with Crippen molar-refractivity contribution in [1.82, 2.24) is 4.90 Å². The number of carbonyl (C=O) groups is 1. The lowest BCUT2D eigenvalue weighted by Crippen LogP contribution is -2.32. The van der Waals surface area contributed by atoms with Crippen LogP contribution >= 0.6 is 0 Å². The molecule has 1 aromatic rings. The number of aromatic hydroxyl groups is 1. The van der Waals surface area contributed by atoms with Gasteiger partial charge in [0.25, 0.3) is 0 Å². The van der Waals surface area contributed by atoms with Gasteiger partial charge in [-0.3, -0.25) is 9.69 Å². The maximum atomic E-state index is 10.9. The number of carboxylic acid groups (broad SMARTS) is 1. The lowest BCUT2D eigenvalue weighted by molar-refractivity contribution is -0.138. The molecule has 0 bridgehead atoms. The lowest BCUT2D eigenvalue weighted by atomic mass is 10.1. The number of nitrogens with zero attached hydrogens (tertiary/aromatic N) is 1. The summed E-state index contributed by atoms with van der Waals surface area (Å²) in [6, 6.07) is 5.22. The van der Waals surface area contributed by atoms with Crippen LogP contribution in [0.3, 0.4) is 0 Å². The van der Waals surface area contributed by atoms with Gasteiger partial charge in [-0.25, -0.2) is 0 Å². The van der Waals surface area contributed by atoms with E-state index in [1.807, 2.05) is 13.8 Å². The first kappa shape index (κ1) is 15.3. The molecule has 0 amide bonds. The van der Waals surface area contributed by atoms with Crippen molar-refractivity contribution in [1.29, 1.82) is 0 Å². The molecule has 1 rings (SSSR count). The molecule has 0 aromatic heterocycles. The van der Waals surface area contributed by atoms with Crippen LogP contribution < -0.4 is 4.74 Å². The third-order valence-corrected chi connectivity index (χ3v) is 2.68. The van der Waals surface area contributed by atoms with E-state index < -0.39 is 5.97 Å². The number of para-hydroxylation sites is 1. The summed E-state index contributed by atoms with van der Waals surface area (Å²) in [5.41, 5.74) is 0.668. The van der Waals surface area contributed by atoms with Gasteiger partial charge in [-0.05, 0) is 12.0 Å². The molecule has 0 aliphatic heterocycles. The van der Waals surface area contributed by atoms with Crippen LogP contribution in [0.1, 0.15) is 19.4 Å². The number of phenols is 1. The van der Waals surface area contributed by atoms with Crippen LogP contribution in [-0.2, 0) is 11.3 Å². The fourth-order valence-corrected chi connectivity index (χ4v) is 1.99. The van der Waals surface area contributed by atoms with Gasteiger partial charge < -0.3 is 14.9 Å². The molecule has 0 saturated heterocycles. The summed E-state index contributed by atoms with van der Waals surface area (Å²) in [7, 11) is 1.49. The summed E-state index contributed by atoms with van der Waals surface area (Å²) in [4.78, 5) is 12.7. The van der Waals surface area contributed by atoms with Gasteiger partial charge in [-0.2, -0.15) is 0 Å². The smallest absolute Gasteiger partial charge is 0.317 e. The van der Waals surface area contributed by atoms with Gasteiger partial charge in [0.05, 0.1) is 13.7 Å². The normalized spacial score (nSPS) is 11.0. The molecule has 106 valence electrons. The summed E-state index contributed by atoms with van der Waals surface area (Å²) < 4.78 is 5.04. The van der Waals surface area contributed by atoms with Crippen molar-refractivity contribution in [3.05, 3.63) is 23.8 Å². The van der Waals surface area contributed by atoms with Crippen LogP contribution in [0.5, 0.6) is 11.5 Å². The maximum Gasteiger partial charge on any atom is 0.317 e. The van der Waals surface area contributed by atoms with Crippen molar-refractivity contribution < 1.29 is 19.7 Å². The van der Waals surface area contributed by atoms with Crippen LogP contribution in [-0.4, -0.2) is 41.3 Å². The Labute approximate surface area is 113 Å². The van der Waals surface area contributed by atoms with E-state index in [1.165, 1.54) is 7.11 Å². The summed E-state index contributed by atoms with van der Waals surface area (Å²) in [5.74, 6) is -0.0448. The van der Waals surface area contributed by atoms with Crippen molar-refractivity contribution in [2.45, 2.75) is 20.4 Å². The summed E-state index contributed by atoms with van der Waals surface area (Å²) in [5, 5.41) is 18.9. The second-order valence-electron chi connectivity index (χ2n) is 4.93. The highest BCUT2D eigenvalue weighted by Crippen LogP contribution is 2.30. The molecule has 0 aliphatic rings. The molecule has 0 saturated carbocycles. The predicted octanol–water partition coefficient (Wildman–Crippen LogP) is 1.94. The van der Waals surface area contributed by atoms with E-state index in [0.717, 1.165) is 0 Å². The third kappa shape index (κ3) is 4.79. The van der Waals surface area contributed by atoms with E-state index >= 15 is 0 Å². The van der Waals surface area contributed by atoms with Gasteiger partial charge in [0, 0.05) is 18.7 Å². The second kappa shape index (κ2) is 6.99. The van der Waals surface area contributed by atoms with Gasteiger partial charge in [-0.1, -0.05) is 26.0 Å². The van der Waals surface area contributed by atoms with E-state index in [0.29, 0.717) is 30.3 Å². The van der Waals surface area contributed by atoms with E-state index in [1.54, 1.807) is 23.1 Å². The molecular weight excluding hydrogens is 246 g/mol. The van der Waals surface area contributed by atoms with Gasteiger partial charge >= 0.3 is 5.97 Å². The highest BCUT2D eigenvalue weighted by molar-refractivity contribution is 5.69. The SMILES string of the molecule is COc1cccc(CN(CC(=O)O)CC(C)C)c1O. The number of methoxy groups -OCH3 is 1. The van der Waals surface area contributed by atoms with Crippen molar-refractivity contribution >= 4 is 5.97 Å². The zero-order chi connectivity index (χ0) is 14.4. The van der Waals surface area contributed by atoms with Gasteiger partial charge in [-0.15, -0.1) is 0 Å². The first-order valence-corrected chi connectivity index (χ1v) is 6.23. The second-order valence-corrected chi connectivity index (χ2v) is 4.93. The zero-order valence-corrected chi connectivity index (χ0v) is 11.6. The van der Waals surface area contributed by atoms with Gasteiger partial charge in [0.1, 0.15) is 0 Å². The average Bonchev–Trinajstić information content (AvgIpc) is 2.30. The van der Waals surface area contributed by atoms with Gasteiger partial charge in [0.2, 0.25) is 0 Å². The first-order valence-electron chi connectivity index (χ1n) is 6.23. The molecule has 0 heterocycles. The topological polar surface area (TPSA) is 70.0 Å². The van der Waals surface area contributed by atoms with E-state index in [-0.39, 0.29) is 12.3 Å². The van der Waals surface area contributed by atoms with Crippen LogP contribution in [0, 0.1) is 5.92 Å². The summed E-state index contributed by atoms with van der Waals surface area (Å²) >= 11 is 0. The average molecular weight is 267 g/mol. The zero-order valence-electron chi connectivity index (χ0n) is 11.6. The fourth-order valence-electron chi connectivity index (χ4n) is 1.99. The fraction of sp³-hybridized carbons (Fsp3) is 0.500. The van der Waals surface area contributed by atoms with Gasteiger partial charge in [0.15, 0.2) is 11.5 Å². The largest absolute Gasteiger partial charge is 0.504 e. The lowest BCUT2D eigenvalue weighted by Gasteiger charge is -2.23. The van der Waals surface area contributed by atoms with Crippen LogP contribution in [0.25, 0.3) is 0 Å². The molecule has 0 atom stereocenters. The minimum Gasteiger partial charge on any atom is -0.504 e. The summed E-state index contributed by atoms with van der Waals surface area (Å²) in [6.45, 7) is 5.05.